The summed E-state index contributed by atoms with van der Waals surface area (Å²) in [5.74, 6) is 0. The number of alkyl halides is 3. The fourth-order valence-corrected chi connectivity index (χ4v) is 3.15. The van der Waals surface area contributed by atoms with Crippen molar-refractivity contribution in [2.75, 3.05) is 0 Å². The maximum atomic E-state index is 12.5. The third kappa shape index (κ3) is 2.77. The zero-order valence-electron chi connectivity index (χ0n) is 8.42. The molecule has 0 unspecified atom stereocenters. The predicted molar refractivity (Wildman–Crippen MR) is 69.8 cm³/mol. The predicted octanol–water partition coefficient (Wildman–Crippen LogP) is 5.42. The van der Waals surface area contributed by atoms with E-state index in [4.69, 9.17) is 23.2 Å². The lowest BCUT2D eigenvalue weighted by Crippen LogP contribution is -2.05. The zero-order valence-corrected chi connectivity index (χ0v) is 11.6. The van der Waals surface area contributed by atoms with Crippen molar-refractivity contribution in [1.29, 1.82) is 0 Å². The first-order valence-corrected chi connectivity index (χ1v) is 6.52. The molecule has 1 aromatic heterocycles. The van der Waals surface area contributed by atoms with Crippen LogP contribution in [0.2, 0.25) is 10.0 Å². The van der Waals surface area contributed by atoms with Gasteiger partial charge < -0.3 is 0 Å². The summed E-state index contributed by atoms with van der Waals surface area (Å²) in [6.07, 6.45) is -3.00. The van der Waals surface area contributed by atoms with Gasteiger partial charge in [0.25, 0.3) is 0 Å². The van der Waals surface area contributed by atoms with Crippen LogP contribution in [-0.4, -0.2) is 4.98 Å². The van der Waals surface area contributed by atoms with Crippen LogP contribution < -0.4 is 0 Å². The third-order valence-corrected chi connectivity index (χ3v) is 3.88. The third-order valence-electron chi connectivity index (χ3n) is 2.08. The van der Waals surface area contributed by atoms with Crippen LogP contribution in [-0.2, 0) is 6.18 Å². The highest BCUT2D eigenvalue weighted by Gasteiger charge is 2.32. The van der Waals surface area contributed by atoms with E-state index in [1.165, 1.54) is 17.5 Å². The lowest BCUT2D eigenvalue weighted by Gasteiger charge is -2.10. The van der Waals surface area contributed by atoms with Gasteiger partial charge in [-0.25, -0.2) is 4.98 Å². The minimum absolute atomic E-state index is 0.0856. The van der Waals surface area contributed by atoms with Crippen molar-refractivity contribution in [2.24, 2.45) is 0 Å². The van der Waals surface area contributed by atoms with Crippen LogP contribution >= 0.6 is 47.2 Å². The highest BCUT2D eigenvalue weighted by molar-refractivity contribution is 7.83. The van der Waals surface area contributed by atoms with Gasteiger partial charge in [0, 0.05) is 5.56 Å². The maximum Gasteiger partial charge on any atom is 0.416 e. The number of nitrogens with zero attached hydrogens (tertiary/aromatic N) is 1. The summed E-state index contributed by atoms with van der Waals surface area (Å²) in [6, 6.07) is 1.67. The van der Waals surface area contributed by atoms with Gasteiger partial charge in [0.1, 0.15) is 5.01 Å². The largest absolute Gasteiger partial charge is 0.416 e. The average Bonchev–Trinajstić information content (AvgIpc) is 2.62. The molecule has 1 heterocycles. The molecule has 0 aliphatic rings. The van der Waals surface area contributed by atoms with Gasteiger partial charge in [-0.2, -0.15) is 13.2 Å². The van der Waals surface area contributed by atoms with Crippen molar-refractivity contribution in [2.45, 2.75) is 10.4 Å². The Balaban J connectivity index is 2.58. The molecule has 0 N–H and O–H groups in total. The summed E-state index contributed by atoms with van der Waals surface area (Å²) >= 11 is 16.9. The van der Waals surface area contributed by atoms with E-state index in [1.54, 1.807) is 0 Å². The standard InChI is InChI=1S/C10H4Cl2F3NS2/c11-5-1-4(10(13,14)15)2-6(12)8(5)9-16-3-7(17)18-9/h1-3,17H. The van der Waals surface area contributed by atoms with E-state index < -0.39 is 11.7 Å². The second kappa shape index (κ2) is 4.92. The molecule has 0 amide bonds. The first-order chi connectivity index (χ1) is 8.29. The lowest BCUT2D eigenvalue weighted by atomic mass is 10.1. The quantitative estimate of drug-likeness (QED) is 0.689. The summed E-state index contributed by atoms with van der Waals surface area (Å²) in [6.45, 7) is 0. The number of benzene rings is 1. The molecule has 0 aliphatic heterocycles. The Bertz CT molecular complexity index is 572. The van der Waals surface area contributed by atoms with E-state index in [9.17, 15) is 13.2 Å². The van der Waals surface area contributed by atoms with Crippen molar-refractivity contribution >= 4 is 47.2 Å². The van der Waals surface area contributed by atoms with Crippen molar-refractivity contribution < 1.29 is 13.2 Å². The van der Waals surface area contributed by atoms with E-state index in [0.717, 1.165) is 12.1 Å². The van der Waals surface area contributed by atoms with E-state index in [1.807, 2.05) is 0 Å². The molecule has 96 valence electrons. The fourth-order valence-electron chi connectivity index (χ4n) is 1.32. The van der Waals surface area contributed by atoms with Gasteiger partial charge in [-0.05, 0) is 12.1 Å². The Kier molecular flexibility index (Phi) is 3.82. The number of thiol groups is 1. The minimum Gasteiger partial charge on any atom is -0.243 e. The number of halogens is 5. The Hall–Kier alpha value is -0.430. The van der Waals surface area contributed by atoms with Gasteiger partial charge in [0.15, 0.2) is 0 Å². The normalized spacial score (nSPS) is 11.9. The second-order valence-electron chi connectivity index (χ2n) is 3.32. The molecule has 2 aromatic rings. The lowest BCUT2D eigenvalue weighted by molar-refractivity contribution is -0.137. The SMILES string of the molecule is FC(F)(F)c1cc(Cl)c(-c2ncc(S)s2)c(Cl)c1. The van der Waals surface area contributed by atoms with Crippen molar-refractivity contribution in [3.05, 3.63) is 33.9 Å². The molecule has 0 bridgehead atoms. The molecule has 2 rings (SSSR count). The Morgan fingerprint density at radius 2 is 1.72 bits per heavy atom. The molecule has 0 atom stereocenters. The summed E-state index contributed by atoms with van der Waals surface area (Å²) in [4.78, 5) is 3.99. The first-order valence-electron chi connectivity index (χ1n) is 4.50. The molecule has 1 aromatic carbocycles. The van der Waals surface area contributed by atoms with Crippen LogP contribution in [0.4, 0.5) is 13.2 Å². The van der Waals surface area contributed by atoms with Gasteiger partial charge in [-0.3, -0.25) is 0 Å². The number of thiazole rings is 1. The van der Waals surface area contributed by atoms with Crippen molar-refractivity contribution in [3.8, 4) is 10.6 Å². The fraction of sp³-hybridized carbons (Fsp3) is 0.100. The van der Waals surface area contributed by atoms with Crippen LogP contribution in [0.25, 0.3) is 10.6 Å². The van der Waals surface area contributed by atoms with E-state index >= 15 is 0 Å². The first kappa shape index (κ1) is 14.0. The van der Waals surface area contributed by atoms with Crippen molar-refractivity contribution in [3.63, 3.8) is 0 Å². The van der Waals surface area contributed by atoms with Gasteiger partial charge in [-0.1, -0.05) is 23.2 Å². The van der Waals surface area contributed by atoms with Crippen LogP contribution in [0.5, 0.6) is 0 Å². The van der Waals surface area contributed by atoms with Gasteiger partial charge in [0.2, 0.25) is 0 Å². The molecular formula is C10H4Cl2F3NS2. The summed E-state index contributed by atoms with van der Waals surface area (Å²) < 4.78 is 38.3. The Labute approximate surface area is 120 Å². The summed E-state index contributed by atoms with van der Waals surface area (Å²) in [7, 11) is 0. The number of rotatable bonds is 1. The molecule has 1 nitrogen and oxygen atoms in total. The minimum atomic E-state index is -4.48. The van der Waals surface area contributed by atoms with Crippen LogP contribution in [0.15, 0.2) is 22.5 Å². The monoisotopic (exact) mass is 329 g/mol. The zero-order chi connectivity index (χ0) is 13.5. The summed E-state index contributed by atoms with van der Waals surface area (Å²) in [5, 5.41) is 0.263. The van der Waals surface area contributed by atoms with Crippen LogP contribution in [0.1, 0.15) is 5.56 Å². The molecule has 0 saturated heterocycles. The number of aromatic nitrogens is 1. The average molecular weight is 330 g/mol. The highest BCUT2D eigenvalue weighted by atomic mass is 35.5. The number of hydrogen-bond donors (Lipinski definition) is 1. The molecule has 0 radical (unpaired) electrons. The smallest absolute Gasteiger partial charge is 0.243 e. The molecule has 0 aliphatic carbocycles. The molecular weight excluding hydrogens is 326 g/mol. The second-order valence-corrected chi connectivity index (χ2v) is 5.95. The topological polar surface area (TPSA) is 12.9 Å². The molecule has 18 heavy (non-hydrogen) atoms. The highest BCUT2D eigenvalue weighted by Crippen LogP contribution is 2.41. The molecule has 0 fully saturated rings. The van der Waals surface area contributed by atoms with E-state index in [-0.39, 0.29) is 15.6 Å². The van der Waals surface area contributed by atoms with Gasteiger partial charge in [0.05, 0.1) is 26.0 Å². The molecule has 0 spiro atoms. The molecule has 8 heteroatoms. The molecule has 0 saturated carbocycles. The van der Waals surface area contributed by atoms with Crippen LogP contribution in [0.3, 0.4) is 0 Å². The van der Waals surface area contributed by atoms with E-state index in [0.29, 0.717) is 9.22 Å². The maximum absolute atomic E-state index is 12.5. The Morgan fingerprint density at radius 1 is 1.17 bits per heavy atom. The van der Waals surface area contributed by atoms with Gasteiger partial charge in [-0.15, -0.1) is 24.0 Å². The number of hydrogen-bond acceptors (Lipinski definition) is 3. The summed E-state index contributed by atoms with van der Waals surface area (Å²) in [5.41, 5.74) is -0.597. The van der Waals surface area contributed by atoms with Crippen LogP contribution in [0, 0.1) is 0 Å². The Morgan fingerprint density at radius 3 is 2.11 bits per heavy atom. The van der Waals surface area contributed by atoms with E-state index in [2.05, 4.69) is 17.6 Å². The van der Waals surface area contributed by atoms with Gasteiger partial charge >= 0.3 is 6.18 Å². The van der Waals surface area contributed by atoms with Crippen molar-refractivity contribution in [1.82, 2.24) is 4.98 Å².